The Kier molecular flexibility index (Phi) is 9.57. The average molecular weight is 421 g/mol. The van der Waals surface area contributed by atoms with Crippen LogP contribution in [0, 0.1) is 0 Å². The van der Waals surface area contributed by atoms with E-state index >= 15 is 0 Å². The summed E-state index contributed by atoms with van der Waals surface area (Å²) in [6.07, 6.45) is 3.73. The van der Waals surface area contributed by atoms with Gasteiger partial charge < -0.3 is 9.47 Å². The summed E-state index contributed by atoms with van der Waals surface area (Å²) >= 11 is 0. The van der Waals surface area contributed by atoms with Crippen LogP contribution in [0.15, 0.2) is 29.2 Å². The first-order valence-corrected chi connectivity index (χ1v) is 11.2. The van der Waals surface area contributed by atoms with Crippen LogP contribution in [0.25, 0.3) is 0 Å². The van der Waals surface area contributed by atoms with Crippen LogP contribution in [0.2, 0.25) is 0 Å². The van der Waals surface area contributed by atoms with Crippen LogP contribution in [0.5, 0.6) is 5.75 Å². The molecule has 0 unspecified atom stereocenters. The third-order valence-corrected chi connectivity index (χ3v) is 6.65. The number of hydrogen-bond donors (Lipinski definition) is 0. The van der Waals surface area contributed by atoms with E-state index in [0.29, 0.717) is 32.8 Å². The first-order chi connectivity index (χ1) is 13.4. The molecular weight excluding hydrogens is 390 g/mol. The number of para-hydroxylation sites is 1. The Labute approximate surface area is 166 Å². The number of alkyl halides is 2. The normalized spacial score (nSPS) is 16.0. The maximum atomic E-state index is 13.2. The summed E-state index contributed by atoms with van der Waals surface area (Å²) in [6.45, 7) is 3.03. The molecule has 0 bridgehead atoms. The fraction of sp³-hybridized carbons (Fsp3) is 0.684. The number of ether oxygens (including phenoxy) is 2. The number of sulfonamides is 1. The lowest BCUT2D eigenvalue weighted by atomic mass is 10.2. The molecule has 9 heteroatoms. The molecule has 1 heterocycles. The van der Waals surface area contributed by atoms with Gasteiger partial charge in [0.25, 0.3) is 0 Å². The number of benzene rings is 1. The van der Waals surface area contributed by atoms with Crippen molar-refractivity contribution in [3.8, 4) is 5.75 Å². The van der Waals surface area contributed by atoms with Gasteiger partial charge in [-0.3, -0.25) is 4.90 Å². The van der Waals surface area contributed by atoms with Crippen LogP contribution in [0.1, 0.15) is 32.6 Å². The van der Waals surface area contributed by atoms with E-state index < -0.39 is 16.6 Å². The fourth-order valence-corrected chi connectivity index (χ4v) is 4.73. The lowest BCUT2D eigenvalue weighted by Gasteiger charge is -2.30. The number of nitrogens with zero attached hydrogens (tertiary/aromatic N) is 2. The van der Waals surface area contributed by atoms with Gasteiger partial charge in [0.15, 0.2) is 0 Å². The largest absolute Gasteiger partial charge is 0.433 e. The zero-order valence-electron chi connectivity index (χ0n) is 16.4. The van der Waals surface area contributed by atoms with Crippen molar-refractivity contribution >= 4 is 10.0 Å². The third kappa shape index (κ3) is 6.95. The van der Waals surface area contributed by atoms with Gasteiger partial charge in [0.05, 0.1) is 13.2 Å². The van der Waals surface area contributed by atoms with E-state index in [2.05, 4.69) is 16.6 Å². The highest BCUT2D eigenvalue weighted by Crippen LogP contribution is 2.28. The standard InChI is InChI=1S/C19H30F2N2O4S/c1-2-3-4-7-10-23(12-11-22-13-15-26-16-14-22)28(24,25)18-9-6-5-8-17(18)27-19(20)21/h5-6,8-9,19H,2-4,7,10-16H2,1H3. The summed E-state index contributed by atoms with van der Waals surface area (Å²) in [5.41, 5.74) is 0. The molecule has 1 aromatic carbocycles. The van der Waals surface area contributed by atoms with Crippen molar-refractivity contribution in [2.24, 2.45) is 0 Å². The van der Waals surface area contributed by atoms with Crippen LogP contribution in [0.3, 0.4) is 0 Å². The van der Waals surface area contributed by atoms with E-state index in [0.717, 1.165) is 38.8 Å². The Morgan fingerprint density at radius 1 is 1.14 bits per heavy atom. The van der Waals surface area contributed by atoms with Crippen molar-refractivity contribution in [3.05, 3.63) is 24.3 Å². The summed E-state index contributed by atoms with van der Waals surface area (Å²) in [4.78, 5) is 1.94. The van der Waals surface area contributed by atoms with Gasteiger partial charge in [0, 0.05) is 32.7 Å². The second kappa shape index (κ2) is 11.6. The van der Waals surface area contributed by atoms with E-state index in [1.165, 1.54) is 28.6 Å². The van der Waals surface area contributed by atoms with Gasteiger partial charge in [-0.1, -0.05) is 38.3 Å². The number of morpholine rings is 1. The summed E-state index contributed by atoms with van der Waals surface area (Å²) in [6, 6.07) is 5.58. The minimum absolute atomic E-state index is 0.215. The summed E-state index contributed by atoms with van der Waals surface area (Å²) in [7, 11) is -3.95. The molecule has 0 amide bonds. The molecule has 0 atom stereocenters. The summed E-state index contributed by atoms with van der Waals surface area (Å²) < 4.78 is 63.1. The minimum Gasteiger partial charge on any atom is -0.433 e. The Bertz CT molecular complexity index is 682. The van der Waals surface area contributed by atoms with Crippen molar-refractivity contribution in [1.82, 2.24) is 9.21 Å². The van der Waals surface area contributed by atoms with Crippen LogP contribution >= 0.6 is 0 Å². The van der Waals surface area contributed by atoms with Gasteiger partial charge in [-0.2, -0.15) is 13.1 Å². The Morgan fingerprint density at radius 3 is 2.54 bits per heavy atom. The number of unbranched alkanes of at least 4 members (excludes halogenated alkanes) is 3. The molecule has 1 fully saturated rings. The Balaban J connectivity index is 2.16. The predicted molar refractivity (Wildman–Crippen MR) is 103 cm³/mol. The lowest BCUT2D eigenvalue weighted by molar-refractivity contribution is -0.0517. The molecule has 0 aromatic heterocycles. The van der Waals surface area contributed by atoms with E-state index in [9.17, 15) is 17.2 Å². The van der Waals surface area contributed by atoms with Crippen molar-refractivity contribution < 1.29 is 26.7 Å². The zero-order valence-corrected chi connectivity index (χ0v) is 17.2. The molecule has 160 valence electrons. The molecule has 28 heavy (non-hydrogen) atoms. The number of halogens is 2. The lowest BCUT2D eigenvalue weighted by Crippen LogP contribution is -2.43. The van der Waals surface area contributed by atoms with Crippen LogP contribution < -0.4 is 4.74 Å². The van der Waals surface area contributed by atoms with Gasteiger partial charge >= 0.3 is 6.61 Å². The van der Waals surface area contributed by atoms with Crippen LogP contribution in [-0.2, 0) is 14.8 Å². The van der Waals surface area contributed by atoms with Crippen LogP contribution in [-0.4, -0.2) is 70.2 Å². The molecule has 1 saturated heterocycles. The van der Waals surface area contributed by atoms with Crippen molar-refractivity contribution in [1.29, 1.82) is 0 Å². The highest BCUT2D eigenvalue weighted by Gasteiger charge is 2.28. The maximum absolute atomic E-state index is 13.2. The molecule has 1 aliphatic heterocycles. The summed E-state index contributed by atoms with van der Waals surface area (Å²) in [5.74, 6) is -0.317. The van der Waals surface area contributed by atoms with Gasteiger partial charge in [-0.25, -0.2) is 8.42 Å². The highest BCUT2D eigenvalue weighted by atomic mass is 32.2. The molecule has 0 radical (unpaired) electrons. The molecule has 0 saturated carbocycles. The SMILES string of the molecule is CCCCCCN(CCN1CCOCC1)S(=O)(=O)c1ccccc1OC(F)F. The molecule has 1 aliphatic rings. The quantitative estimate of drug-likeness (QED) is 0.486. The van der Waals surface area contributed by atoms with Crippen molar-refractivity contribution in [3.63, 3.8) is 0 Å². The predicted octanol–water partition coefficient (Wildman–Crippen LogP) is 3.19. The fourth-order valence-electron chi connectivity index (χ4n) is 3.14. The van der Waals surface area contributed by atoms with E-state index in [1.807, 2.05) is 0 Å². The second-order valence-corrected chi connectivity index (χ2v) is 8.65. The number of rotatable bonds is 12. The smallest absolute Gasteiger partial charge is 0.387 e. The Hall–Kier alpha value is -1.29. The van der Waals surface area contributed by atoms with E-state index in [1.54, 1.807) is 0 Å². The molecule has 0 spiro atoms. The van der Waals surface area contributed by atoms with Gasteiger partial charge in [0.1, 0.15) is 10.6 Å². The van der Waals surface area contributed by atoms with Crippen molar-refractivity contribution in [2.45, 2.75) is 44.1 Å². The monoisotopic (exact) mass is 420 g/mol. The zero-order chi connectivity index (χ0) is 20.4. The Morgan fingerprint density at radius 2 is 1.86 bits per heavy atom. The first-order valence-electron chi connectivity index (χ1n) is 9.79. The molecule has 1 aromatic rings. The maximum Gasteiger partial charge on any atom is 0.387 e. The van der Waals surface area contributed by atoms with Gasteiger partial charge in [0.2, 0.25) is 10.0 Å². The molecule has 6 nitrogen and oxygen atoms in total. The third-order valence-electron chi connectivity index (χ3n) is 4.71. The highest BCUT2D eigenvalue weighted by molar-refractivity contribution is 7.89. The van der Waals surface area contributed by atoms with Gasteiger partial charge in [-0.15, -0.1) is 0 Å². The molecule has 0 N–H and O–H groups in total. The molecule has 0 aliphatic carbocycles. The first kappa shape index (κ1) is 23.0. The minimum atomic E-state index is -3.95. The molecule has 2 rings (SSSR count). The van der Waals surface area contributed by atoms with E-state index in [4.69, 9.17) is 4.74 Å². The van der Waals surface area contributed by atoms with Crippen LogP contribution in [0.4, 0.5) is 8.78 Å². The van der Waals surface area contributed by atoms with Crippen molar-refractivity contribution in [2.75, 3.05) is 45.9 Å². The second-order valence-electron chi connectivity index (χ2n) is 6.74. The summed E-state index contributed by atoms with van der Waals surface area (Å²) in [5, 5.41) is 0. The average Bonchev–Trinajstić information content (AvgIpc) is 2.68. The van der Waals surface area contributed by atoms with E-state index in [-0.39, 0.29) is 10.6 Å². The number of hydrogen-bond acceptors (Lipinski definition) is 5. The topological polar surface area (TPSA) is 59.1 Å². The molecular formula is C19H30F2N2O4S. The van der Waals surface area contributed by atoms with Gasteiger partial charge in [-0.05, 0) is 18.6 Å².